The lowest BCUT2D eigenvalue weighted by Crippen LogP contribution is -2.21. The van der Waals surface area contributed by atoms with Crippen LogP contribution < -0.4 is 10.3 Å². The number of hydrogen-bond acceptors (Lipinski definition) is 7. The number of rotatable bonds is 10. The number of carbonyl (C=O) groups is 1. The predicted molar refractivity (Wildman–Crippen MR) is 123 cm³/mol. The van der Waals surface area contributed by atoms with Crippen molar-refractivity contribution in [2.45, 2.75) is 26.8 Å². The molecule has 1 N–H and O–H groups in total. The van der Waals surface area contributed by atoms with Crippen molar-refractivity contribution in [3.63, 3.8) is 0 Å². The zero-order valence-corrected chi connectivity index (χ0v) is 18.1. The predicted octanol–water partition coefficient (Wildman–Crippen LogP) is 4.72. The molecule has 0 bridgehead atoms. The Morgan fingerprint density at radius 2 is 1.93 bits per heavy atom. The van der Waals surface area contributed by atoms with Gasteiger partial charge in [-0.2, -0.15) is 5.10 Å². The first-order valence-corrected chi connectivity index (χ1v) is 10.8. The van der Waals surface area contributed by atoms with Gasteiger partial charge in [0, 0.05) is 24.2 Å². The number of nitrogens with one attached hydrogen (secondary N) is 1. The van der Waals surface area contributed by atoms with Crippen molar-refractivity contribution in [3.8, 4) is 0 Å². The number of nitrogens with zero attached hydrogens (tertiary/aromatic N) is 3. The van der Waals surface area contributed by atoms with Gasteiger partial charge in [-0.3, -0.25) is 10.2 Å². The number of esters is 1. The average Bonchev–Trinajstić information content (AvgIpc) is 3.20. The summed E-state index contributed by atoms with van der Waals surface area (Å²) in [5, 5.41) is 6.72. The summed E-state index contributed by atoms with van der Waals surface area (Å²) >= 11 is 1.40. The molecule has 0 aliphatic rings. The van der Waals surface area contributed by atoms with Gasteiger partial charge in [-0.25, -0.2) is 4.98 Å². The highest BCUT2D eigenvalue weighted by Gasteiger charge is 2.08. The van der Waals surface area contributed by atoms with Gasteiger partial charge >= 0.3 is 5.97 Å². The molecule has 0 atom stereocenters. The highest BCUT2D eigenvalue weighted by Crippen LogP contribution is 2.18. The van der Waals surface area contributed by atoms with Crippen LogP contribution in [0.5, 0.6) is 0 Å². The Balaban J connectivity index is 1.54. The number of thiazole rings is 1. The normalized spacial score (nSPS) is 10.9. The Morgan fingerprint density at radius 3 is 2.63 bits per heavy atom. The Morgan fingerprint density at radius 1 is 1.17 bits per heavy atom. The van der Waals surface area contributed by atoms with Gasteiger partial charge in [0.15, 0.2) is 0 Å². The van der Waals surface area contributed by atoms with Gasteiger partial charge in [0.2, 0.25) is 5.13 Å². The molecule has 156 valence electrons. The maximum absolute atomic E-state index is 11.5. The minimum Gasteiger partial charge on any atom is -0.466 e. The van der Waals surface area contributed by atoms with Crippen LogP contribution in [0.4, 0.5) is 10.8 Å². The first kappa shape index (κ1) is 21.5. The van der Waals surface area contributed by atoms with Crippen LogP contribution >= 0.6 is 11.3 Å². The van der Waals surface area contributed by atoms with E-state index in [2.05, 4.69) is 63.7 Å². The summed E-state index contributed by atoms with van der Waals surface area (Å²) in [4.78, 5) is 18.2. The number of hydrogen-bond donors (Lipinski definition) is 1. The van der Waals surface area contributed by atoms with Gasteiger partial charge in [-0.15, -0.1) is 11.3 Å². The van der Waals surface area contributed by atoms with Gasteiger partial charge in [-0.1, -0.05) is 42.5 Å². The molecule has 0 aliphatic carbocycles. The van der Waals surface area contributed by atoms with E-state index in [4.69, 9.17) is 4.74 Å². The summed E-state index contributed by atoms with van der Waals surface area (Å²) in [6.07, 6.45) is 1.93. The molecule has 6 nitrogen and oxygen atoms in total. The maximum atomic E-state index is 11.5. The SMILES string of the molecule is CCOC(=O)Cc1csc(N/N=C\c2ccc(N(CC)Cc3ccccc3)cc2)n1. The second-order valence-electron chi connectivity index (χ2n) is 6.59. The summed E-state index contributed by atoms with van der Waals surface area (Å²) in [5.74, 6) is -0.272. The molecule has 0 amide bonds. The monoisotopic (exact) mass is 422 g/mol. The lowest BCUT2D eigenvalue weighted by molar-refractivity contribution is -0.142. The summed E-state index contributed by atoms with van der Waals surface area (Å²) in [7, 11) is 0. The summed E-state index contributed by atoms with van der Waals surface area (Å²) in [6.45, 7) is 6.13. The van der Waals surface area contributed by atoms with E-state index in [1.807, 2.05) is 23.6 Å². The Labute approximate surface area is 181 Å². The van der Waals surface area contributed by atoms with Gasteiger partial charge in [0.05, 0.1) is 24.9 Å². The van der Waals surface area contributed by atoms with Crippen LogP contribution in [-0.2, 0) is 22.5 Å². The highest BCUT2D eigenvalue weighted by molar-refractivity contribution is 7.13. The fourth-order valence-corrected chi connectivity index (χ4v) is 3.58. The molecule has 1 heterocycles. The quantitative estimate of drug-likeness (QED) is 0.291. The second kappa shape index (κ2) is 11.1. The van der Waals surface area contributed by atoms with Gasteiger partial charge in [0.1, 0.15) is 0 Å². The van der Waals surface area contributed by atoms with E-state index in [0.717, 1.165) is 18.7 Å². The van der Waals surface area contributed by atoms with Crippen molar-refractivity contribution in [2.75, 3.05) is 23.5 Å². The van der Waals surface area contributed by atoms with Crippen LogP contribution in [0.3, 0.4) is 0 Å². The number of ether oxygens (including phenoxy) is 1. The van der Waals surface area contributed by atoms with Gasteiger partial charge in [0.25, 0.3) is 0 Å². The maximum Gasteiger partial charge on any atom is 0.311 e. The van der Waals surface area contributed by atoms with Gasteiger partial charge < -0.3 is 9.64 Å². The van der Waals surface area contributed by atoms with Gasteiger partial charge in [-0.05, 0) is 37.1 Å². The first-order chi connectivity index (χ1) is 14.7. The van der Waals surface area contributed by atoms with Crippen LogP contribution in [0.15, 0.2) is 65.1 Å². The van der Waals surface area contributed by atoms with E-state index in [1.54, 1.807) is 13.1 Å². The van der Waals surface area contributed by atoms with E-state index < -0.39 is 0 Å². The summed E-state index contributed by atoms with van der Waals surface area (Å²) in [6, 6.07) is 18.8. The number of carbonyl (C=O) groups excluding carboxylic acids is 1. The molecule has 7 heteroatoms. The molecule has 0 saturated heterocycles. The van der Waals surface area contributed by atoms with E-state index in [-0.39, 0.29) is 12.4 Å². The van der Waals surface area contributed by atoms with Crippen LogP contribution in [0, 0.1) is 0 Å². The number of hydrazone groups is 1. The van der Waals surface area contributed by atoms with E-state index in [9.17, 15) is 4.79 Å². The van der Waals surface area contributed by atoms with E-state index in [1.165, 1.54) is 22.6 Å². The molecule has 0 unspecified atom stereocenters. The van der Waals surface area contributed by atoms with Crippen LogP contribution in [0.1, 0.15) is 30.7 Å². The molecule has 0 spiro atoms. The summed E-state index contributed by atoms with van der Waals surface area (Å²) < 4.78 is 4.93. The Bertz CT molecular complexity index is 955. The Hall–Kier alpha value is -3.19. The van der Waals surface area contributed by atoms with E-state index in [0.29, 0.717) is 17.4 Å². The first-order valence-electron chi connectivity index (χ1n) is 9.96. The van der Waals surface area contributed by atoms with Crippen molar-refractivity contribution in [1.82, 2.24) is 4.98 Å². The molecule has 30 heavy (non-hydrogen) atoms. The van der Waals surface area contributed by atoms with Crippen molar-refractivity contribution in [3.05, 3.63) is 76.8 Å². The topological polar surface area (TPSA) is 66.8 Å². The fourth-order valence-electron chi connectivity index (χ4n) is 2.92. The minimum atomic E-state index is -0.272. The number of aromatic nitrogens is 1. The third-order valence-corrected chi connectivity index (χ3v) is 5.21. The molecular formula is C23H26N4O2S. The average molecular weight is 423 g/mol. The largest absolute Gasteiger partial charge is 0.466 e. The van der Waals surface area contributed by atoms with Crippen molar-refractivity contribution in [1.29, 1.82) is 0 Å². The zero-order valence-electron chi connectivity index (χ0n) is 17.2. The second-order valence-corrected chi connectivity index (χ2v) is 7.45. The van der Waals surface area contributed by atoms with Crippen LogP contribution in [-0.4, -0.2) is 30.3 Å². The number of benzene rings is 2. The minimum absolute atomic E-state index is 0.175. The fraction of sp³-hybridized carbons (Fsp3) is 0.261. The number of anilines is 2. The van der Waals surface area contributed by atoms with Crippen molar-refractivity contribution < 1.29 is 9.53 Å². The third-order valence-electron chi connectivity index (χ3n) is 4.41. The lowest BCUT2D eigenvalue weighted by atomic mass is 10.1. The zero-order chi connectivity index (χ0) is 21.2. The molecule has 0 aliphatic heterocycles. The molecular weight excluding hydrogens is 396 g/mol. The van der Waals surface area contributed by atoms with Crippen molar-refractivity contribution >= 4 is 34.3 Å². The molecule has 0 radical (unpaired) electrons. The molecule has 2 aromatic carbocycles. The molecule has 3 aromatic rings. The third kappa shape index (κ3) is 6.42. The summed E-state index contributed by atoms with van der Waals surface area (Å²) in [5.41, 5.74) is 7.05. The standard InChI is InChI=1S/C23H26N4O2S/c1-3-27(16-19-8-6-5-7-9-19)21-12-10-18(11-13-21)15-24-26-23-25-20(17-30-23)14-22(28)29-4-2/h5-13,15,17H,3-4,14,16H2,1-2H3,(H,25,26)/b24-15-. The lowest BCUT2D eigenvalue weighted by Gasteiger charge is -2.23. The smallest absolute Gasteiger partial charge is 0.311 e. The highest BCUT2D eigenvalue weighted by atomic mass is 32.1. The van der Waals surface area contributed by atoms with Crippen LogP contribution in [0.2, 0.25) is 0 Å². The molecule has 1 aromatic heterocycles. The molecule has 0 fully saturated rings. The molecule has 0 saturated carbocycles. The van der Waals surface area contributed by atoms with Crippen molar-refractivity contribution in [2.24, 2.45) is 5.10 Å². The van der Waals surface area contributed by atoms with E-state index >= 15 is 0 Å². The molecule has 3 rings (SSSR count). The van der Waals surface area contributed by atoms with Crippen LogP contribution in [0.25, 0.3) is 0 Å². The Kier molecular flexibility index (Phi) is 7.97.